The molecule has 0 radical (unpaired) electrons. The monoisotopic (exact) mass is 320 g/mol. The summed E-state index contributed by atoms with van der Waals surface area (Å²) in [6.45, 7) is -0.164. The van der Waals surface area contributed by atoms with Crippen molar-refractivity contribution in [1.82, 2.24) is 0 Å². The van der Waals surface area contributed by atoms with Gasteiger partial charge in [0.15, 0.2) is 0 Å². The summed E-state index contributed by atoms with van der Waals surface area (Å²) in [5, 5.41) is 0. The molecule has 6 heteroatoms. The third-order valence-electron chi connectivity index (χ3n) is 3.34. The van der Waals surface area contributed by atoms with E-state index >= 15 is 0 Å². The Bertz CT molecular complexity index is 848. The van der Waals surface area contributed by atoms with Crippen LogP contribution in [0.4, 0.5) is 0 Å². The van der Waals surface area contributed by atoms with Crippen LogP contribution in [-0.4, -0.2) is 30.3 Å². The molecule has 0 aliphatic heterocycles. The fourth-order valence-electron chi connectivity index (χ4n) is 2.23. The molecule has 0 saturated heterocycles. The summed E-state index contributed by atoms with van der Waals surface area (Å²) in [6.07, 6.45) is 2.75. The molecule has 2 rings (SSSR count). The van der Waals surface area contributed by atoms with Gasteiger partial charge in [-0.05, 0) is 5.56 Å². The first kappa shape index (κ1) is 16.9. The van der Waals surface area contributed by atoms with Gasteiger partial charge in [-0.25, -0.2) is 14.6 Å². The Balaban J connectivity index is 2.44. The van der Waals surface area contributed by atoms with E-state index in [9.17, 15) is 19.2 Å². The van der Waals surface area contributed by atoms with Crippen LogP contribution in [0.15, 0.2) is 64.6 Å². The average molecular weight is 320 g/mol. The zero-order valence-electron chi connectivity index (χ0n) is 12.5. The predicted octanol–water partition coefficient (Wildman–Crippen LogP) is 2.46. The van der Waals surface area contributed by atoms with Gasteiger partial charge >= 0.3 is 0 Å². The Morgan fingerprint density at radius 1 is 0.875 bits per heavy atom. The molecule has 0 spiro atoms. The van der Waals surface area contributed by atoms with E-state index in [1.807, 2.05) is 0 Å². The summed E-state index contributed by atoms with van der Waals surface area (Å²) >= 11 is 0. The van der Waals surface area contributed by atoms with Gasteiger partial charge in [0.1, 0.15) is 6.04 Å². The SMILES string of the molecule is O=C=NCC(N=C=O)c1ccccc1C(=O)C(=O)c1ccccc1. The Labute approximate surface area is 137 Å². The highest BCUT2D eigenvalue weighted by atomic mass is 16.2. The van der Waals surface area contributed by atoms with Crippen molar-refractivity contribution < 1.29 is 19.2 Å². The molecule has 0 heterocycles. The number of carbonyl (C=O) groups is 2. The van der Waals surface area contributed by atoms with Gasteiger partial charge in [-0.15, -0.1) is 0 Å². The molecule has 0 bridgehead atoms. The van der Waals surface area contributed by atoms with Gasteiger partial charge in [0.2, 0.25) is 23.7 Å². The van der Waals surface area contributed by atoms with Crippen molar-refractivity contribution >= 4 is 23.7 Å². The van der Waals surface area contributed by atoms with Crippen LogP contribution in [0, 0.1) is 0 Å². The minimum atomic E-state index is -0.882. The number of benzene rings is 2. The Kier molecular flexibility index (Phi) is 5.81. The van der Waals surface area contributed by atoms with Crippen LogP contribution >= 0.6 is 0 Å². The molecule has 0 saturated carbocycles. The molecule has 6 nitrogen and oxygen atoms in total. The minimum Gasteiger partial charge on any atom is -0.285 e. The first-order valence-electron chi connectivity index (χ1n) is 7.02. The fraction of sp³-hybridized carbons (Fsp3) is 0.111. The van der Waals surface area contributed by atoms with E-state index in [1.54, 1.807) is 48.5 Å². The van der Waals surface area contributed by atoms with E-state index in [0.717, 1.165) is 0 Å². The molecule has 24 heavy (non-hydrogen) atoms. The quantitative estimate of drug-likeness (QED) is 0.339. The maximum absolute atomic E-state index is 12.6. The number of ketones is 2. The number of carbonyl (C=O) groups excluding carboxylic acids is 4. The Morgan fingerprint density at radius 2 is 1.54 bits per heavy atom. The van der Waals surface area contributed by atoms with E-state index < -0.39 is 17.6 Å². The molecule has 0 amide bonds. The number of Topliss-reactive ketones (excluding diaryl/α,β-unsaturated/α-hetero) is 2. The molecular formula is C18H12N2O4. The zero-order valence-corrected chi connectivity index (χ0v) is 12.5. The number of aliphatic imine (C=N–C) groups is 2. The van der Waals surface area contributed by atoms with Crippen LogP contribution in [0.3, 0.4) is 0 Å². The molecule has 118 valence electrons. The third-order valence-corrected chi connectivity index (χ3v) is 3.34. The van der Waals surface area contributed by atoms with Crippen molar-refractivity contribution in [2.75, 3.05) is 6.54 Å². The molecule has 0 aliphatic carbocycles. The molecule has 0 fully saturated rings. The summed E-state index contributed by atoms with van der Waals surface area (Å²) in [5.41, 5.74) is 0.698. The molecule has 1 atom stereocenters. The van der Waals surface area contributed by atoms with Crippen molar-refractivity contribution in [2.24, 2.45) is 9.98 Å². The van der Waals surface area contributed by atoms with Gasteiger partial charge in [0.05, 0.1) is 6.54 Å². The molecule has 2 aromatic rings. The summed E-state index contributed by atoms with van der Waals surface area (Å²) in [4.78, 5) is 52.8. The maximum Gasteiger partial charge on any atom is 0.235 e. The van der Waals surface area contributed by atoms with Crippen molar-refractivity contribution in [3.05, 3.63) is 71.3 Å². The van der Waals surface area contributed by atoms with Crippen molar-refractivity contribution in [3.63, 3.8) is 0 Å². The fourth-order valence-corrected chi connectivity index (χ4v) is 2.23. The van der Waals surface area contributed by atoms with E-state index in [2.05, 4.69) is 9.98 Å². The normalized spacial score (nSPS) is 10.8. The predicted molar refractivity (Wildman–Crippen MR) is 85.4 cm³/mol. The smallest absolute Gasteiger partial charge is 0.235 e. The van der Waals surface area contributed by atoms with E-state index in [4.69, 9.17) is 0 Å². The number of isocyanates is 2. The van der Waals surface area contributed by atoms with Gasteiger partial charge in [0, 0.05) is 11.1 Å². The summed E-state index contributed by atoms with van der Waals surface area (Å²) in [7, 11) is 0. The summed E-state index contributed by atoms with van der Waals surface area (Å²) < 4.78 is 0. The second kappa shape index (κ2) is 8.25. The summed E-state index contributed by atoms with van der Waals surface area (Å²) in [6, 6.07) is 13.5. The second-order valence-corrected chi connectivity index (χ2v) is 4.78. The number of rotatable bonds is 7. The Hall–Kier alpha value is -3.46. The minimum absolute atomic E-state index is 0.108. The van der Waals surface area contributed by atoms with Crippen LogP contribution in [0.5, 0.6) is 0 Å². The van der Waals surface area contributed by atoms with Crippen LogP contribution in [0.1, 0.15) is 32.3 Å². The average Bonchev–Trinajstić information content (AvgIpc) is 2.64. The van der Waals surface area contributed by atoms with Gasteiger partial charge in [0.25, 0.3) is 0 Å². The molecule has 2 aromatic carbocycles. The standard InChI is InChI=1S/C18H12N2O4/c21-11-19-10-16(20-12-22)14-8-4-5-9-15(14)18(24)17(23)13-6-2-1-3-7-13/h1-9,16H,10H2. The van der Waals surface area contributed by atoms with Gasteiger partial charge in [-0.2, -0.15) is 4.99 Å². The van der Waals surface area contributed by atoms with Crippen LogP contribution in [-0.2, 0) is 9.59 Å². The lowest BCUT2D eigenvalue weighted by atomic mass is 9.94. The largest absolute Gasteiger partial charge is 0.285 e. The van der Waals surface area contributed by atoms with Crippen molar-refractivity contribution in [2.45, 2.75) is 6.04 Å². The van der Waals surface area contributed by atoms with Gasteiger partial charge in [-0.1, -0.05) is 54.6 Å². The van der Waals surface area contributed by atoms with Gasteiger partial charge in [-0.3, -0.25) is 9.59 Å². The summed E-state index contributed by atoms with van der Waals surface area (Å²) in [5.74, 6) is -1.39. The third kappa shape index (κ3) is 3.84. The molecule has 0 aliphatic rings. The lowest BCUT2D eigenvalue weighted by molar-refractivity contribution is 0.0816. The number of hydrogen-bond acceptors (Lipinski definition) is 6. The second-order valence-electron chi connectivity index (χ2n) is 4.78. The molecule has 0 N–H and O–H groups in total. The lowest BCUT2D eigenvalue weighted by Crippen LogP contribution is -2.18. The van der Waals surface area contributed by atoms with Crippen molar-refractivity contribution in [3.8, 4) is 0 Å². The van der Waals surface area contributed by atoms with Crippen LogP contribution in [0.2, 0.25) is 0 Å². The lowest BCUT2D eigenvalue weighted by Gasteiger charge is -2.12. The highest BCUT2D eigenvalue weighted by Gasteiger charge is 2.24. The first-order chi connectivity index (χ1) is 11.7. The molecular weight excluding hydrogens is 308 g/mol. The number of hydrogen-bond donors (Lipinski definition) is 0. The van der Waals surface area contributed by atoms with E-state index in [1.165, 1.54) is 18.2 Å². The Morgan fingerprint density at radius 3 is 2.21 bits per heavy atom. The van der Waals surface area contributed by atoms with E-state index in [-0.39, 0.29) is 17.7 Å². The van der Waals surface area contributed by atoms with Crippen LogP contribution < -0.4 is 0 Å². The van der Waals surface area contributed by atoms with Gasteiger partial charge < -0.3 is 0 Å². The van der Waals surface area contributed by atoms with E-state index in [0.29, 0.717) is 5.56 Å². The molecule has 0 aromatic heterocycles. The molecule has 1 unspecified atom stereocenters. The first-order valence-corrected chi connectivity index (χ1v) is 7.02. The maximum atomic E-state index is 12.6. The highest BCUT2D eigenvalue weighted by Crippen LogP contribution is 2.23. The van der Waals surface area contributed by atoms with Crippen LogP contribution in [0.25, 0.3) is 0 Å². The topological polar surface area (TPSA) is 93.0 Å². The number of nitrogens with zero attached hydrogens (tertiary/aromatic N) is 2. The zero-order chi connectivity index (χ0) is 17.4. The van der Waals surface area contributed by atoms with Crippen molar-refractivity contribution in [1.29, 1.82) is 0 Å². The highest BCUT2D eigenvalue weighted by molar-refractivity contribution is 6.49.